The zero-order valence-corrected chi connectivity index (χ0v) is 30.7. The summed E-state index contributed by atoms with van der Waals surface area (Å²) in [6, 6.07) is -0.193. The Bertz CT molecular complexity index is 1410. The van der Waals surface area contributed by atoms with E-state index < -0.39 is 28.3 Å². The van der Waals surface area contributed by atoms with Crippen LogP contribution in [0.2, 0.25) is 0 Å². The predicted molar refractivity (Wildman–Crippen MR) is 182 cm³/mol. The number of ether oxygens (including phenoxy) is 2. The Morgan fingerprint density at radius 1 is 1.13 bits per heavy atom. The molecule has 264 valence electrons. The number of fused-ring (bicyclic) bond motifs is 3. The number of carbonyl (C=O) groups is 1. The minimum atomic E-state index is -0.643. The highest BCUT2D eigenvalue weighted by Gasteiger charge is 2.72. The van der Waals surface area contributed by atoms with E-state index in [1.807, 2.05) is 0 Å². The number of nitrogens with zero attached hydrogens (tertiary/aromatic N) is 4. The molecule has 4 aliphatic carbocycles. The van der Waals surface area contributed by atoms with E-state index in [1.54, 1.807) is 4.80 Å². The molecule has 1 saturated heterocycles. The molecule has 4 fully saturated rings. The Balaban J connectivity index is 1.51. The van der Waals surface area contributed by atoms with Gasteiger partial charge in [0.15, 0.2) is 0 Å². The quantitative estimate of drug-likeness (QED) is 0.281. The van der Waals surface area contributed by atoms with Crippen molar-refractivity contribution in [1.82, 2.24) is 20.2 Å². The number of nitrogens with two attached hydrogens (primary N) is 2. The summed E-state index contributed by atoms with van der Waals surface area (Å²) in [4.78, 5) is 15.2. The van der Waals surface area contributed by atoms with Crippen molar-refractivity contribution in [2.45, 2.75) is 125 Å². The van der Waals surface area contributed by atoms with Gasteiger partial charge < -0.3 is 26.0 Å². The van der Waals surface area contributed by atoms with Crippen molar-refractivity contribution in [3.05, 3.63) is 11.6 Å². The summed E-state index contributed by atoms with van der Waals surface area (Å²) in [5.74, 6) is 0.556. The second-order valence-electron chi connectivity index (χ2n) is 18.5. The molecule has 1 aromatic heterocycles. The second-order valence-corrected chi connectivity index (χ2v) is 18.5. The topological polar surface area (TPSA) is 151 Å². The first-order valence-electron chi connectivity index (χ1n) is 18.2. The van der Waals surface area contributed by atoms with Crippen molar-refractivity contribution in [2.75, 3.05) is 25.6 Å². The highest BCUT2D eigenvalue weighted by Crippen LogP contribution is 2.75. The Labute approximate surface area is 282 Å². The molecule has 1 aromatic rings. The van der Waals surface area contributed by atoms with Crippen molar-refractivity contribution < 1.29 is 19.4 Å². The van der Waals surface area contributed by atoms with Crippen LogP contribution in [0.15, 0.2) is 11.6 Å². The molecule has 1 aliphatic heterocycles. The molecule has 0 radical (unpaired) electrons. The van der Waals surface area contributed by atoms with Gasteiger partial charge in [0, 0.05) is 11.0 Å². The molecule has 0 amide bonds. The fraction of sp³-hybridized carbons (Fsp3) is 0.892. The van der Waals surface area contributed by atoms with E-state index in [-0.39, 0.29) is 46.2 Å². The summed E-state index contributed by atoms with van der Waals surface area (Å²) in [7, 11) is 0. The molecule has 47 heavy (non-hydrogen) atoms. The summed E-state index contributed by atoms with van der Waals surface area (Å²) in [6.45, 7) is 24.1. The first-order chi connectivity index (χ1) is 21.8. The van der Waals surface area contributed by atoms with Crippen molar-refractivity contribution in [2.24, 2.45) is 68.3 Å². The minimum Gasteiger partial charge on any atom is -0.481 e. The number of carboxylic acid groups (broad SMARTS) is 1. The number of anilines is 1. The van der Waals surface area contributed by atoms with Crippen LogP contribution in [0, 0.1) is 62.6 Å². The van der Waals surface area contributed by atoms with E-state index in [4.69, 9.17) is 20.9 Å². The van der Waals surface area contributed by atoms with Crippen molar-refractivity contribution >= 4 is 11.9 Å². The molecule has 0 aromatic carbocycles. The van der Waals surface area contributed by atoms with Crippen LogP contribution in [0.25, 0.3) is 0 Å². The van der Waals surface area contributed by atoms with Crippen molar-refractivity contribution in [1.29, 1.82) is 0 Å². The number of carboxylic acids is 1. The maximum atomic E-state index is 13.5. The number of nitrogen functional groups attached to an aromatic ring is 1. The molecule has 2 heterocycles. The zero-order valence-electron chi connectivity index (χ0n) is 30.7. The third-order valence-corrected chi connectivity index (χ3v) is 15.6. The maximum absolute atomic E-state index is 13.5. The molecular weight excluding hydrogens is 592 g/mol. The normalized spacial score (nSPS) is 45.0. The lowest BCUT2D eigenvalue weighted by atomic mass is 9.34. The number of rotatable bonds is 8. The Kier molecular flexibility index (Phi) is 8.32. The minimum absolute atomic E-state index is 0.121. The largest absolute Gasteiger partial charge is 0.481 e. The molecule has 0 spiro atoms. The highest BCUT2D eigenvalue weighted by molar-refractivity contribution is 5.73. The molecule has 3 saturated carbocycles. The predicted octanol–water partition coefficient (Wildman–Crippen LogP) is 6.14. The second kappa shape index (κ2) is 11.2. The molecule has 5 N–H and O–H groups in total. The average molecular weight is 655 g/mol. The maximum Gasteiger partial charge on any atom is 0.307 e. The van der Waals surface area contributed by atoms with Gasteiger partial charge in [0.25, 0.3) is 5.95 Å². The van der Waals surface area contributed by atoms with Gasteiger partial charge in [0.05, 0.1) is 31.8 Å². The van der Waals surface area contributed by atoms with Crippen LogP contribution in [0.3, 0.4) is 0 Å². The number of hydrogen-bond donors (Lipinski definition) is 3. The van der Waals surface area contributed by atoms with Gasteiger partial charge in [0.1, 0.15) is 6.04 Å². The monoisotopic (exact) mass is 654 g/mol. The van der Waals surface area contributed by atoms with Crippen LogP contribution in [0.5, 0.6) is 0 Å². The first kappa shape index (κ1) is 34.8. The third kappa shape index (κ3) is 4.80. The van der Waals surface area contributed by atoms with E-state index in [2.05, 4.69) is 90.7 Å². The molecule has 10 nitrogen and oxygen atoms in total. The van der Waals surface area contributed by atoms with Gasteiger partial charge in [-0.1, -0.05) is 79.1 Å². The van der Waals surface area contributed by atoms with E-state index >= 15 is 0 Å². The molecule has 5 aliphatic rings. The molecule has 6 rings (SSSR count). The fourth-order valence-corrected chi connectivity index (χ4v) is 11.9. The number of aliphatic carboxylic acids is 1. The van der Waals surface area contributed by atoms with Crippen LogP contribution >= 0.6 is 0 Å². The summed E-state index contributed by atoms with van der Waals surface area (Å²) in [5.41, 5.74) is 12.4. The van der Waals surface area contributed by atoms with Crippen LogP contribution in [0.4, 0.5) is 5.95 Å². The average Bonchev–Trinajstić information content (AvgIpc) is 3.42. The lowest BCUT2D eigenvalue weighted by Crippen LogP contribution is -2.70. The molecule has 2 bridgehead atoms. The smallest absolute Gasteiger partial charge is 0.307 e. The first-order valence-corrected chi connectivity index (χ1v) is 18.2. The van der Waals surface area contributed by atoms with Crippen LogP contribution in [-0.4, -0.2) is 62.7 Å². The van der Waals surface area contributed by atoms with Gasteiger partial charge in [-0.05, 0) is 102 Å². The number of tetrazole rings is 1. The van der Waals surface area contributed by atoms with E-state index in [9.17, 15) is 9.90 Å². The Morgan fingerprint density at radius 2 is 1.83 bits per heavy atom. The van der Waals surface area contributed by atoms with Crippen molar-refractivity contribution in [3.63, 3.8) is 0 Å². The lowest BCUT2D eigenvalue weighted by Gasteiger charge is -2.71. The molecular formula is C37H62N6O4. The summed E-state index contributed by atoms with van der Waals surface area (Å²) < 4.78 is 13.8. The van der Waals surface area contributed by atoms with Crippen LogP contribution in [-0.2, 0) is 14.3 Å². The van der Waals surface area contributed by atoms with Gasteiger partial charge in [-0.2, -0.15) is 4.80 Å². The molecule has 12 atom stereocenters. The summed E-state index contributed by atoms with van der Waals surface area (Å²) in [6.07, 6.45) is 7.70. The van der Waals surface area contributed by atoms with E-state index in [0.29, 0.717) is 37.6 Å². The van der Waals surface area contributed by atoms with Gasteiger partial charge >= 0.3 is 5.97 Å². The Hall–Kier alpha value is -2.04. The van der Waals surface area contributed by atoms with Crippen molar-refractivity contribution in [3.8, 4) is 0 Å². The lowest BCUT2D eigenvalue weighted by molar-refractivity contribution is -0.255. The third-order valence-electron chi connectivity index (χ3n) is 15.6. The molecule has 10 heteroatoms. The Morgan fingerprint density at radius 3 is 2.43 bits per heavy atom. The molecule has 0 unspecified atom stereocenters. The fourth-order valence-electron chi connectivity index (χ4n) is 11.9. The number of aromatic nitrogens is 4. The van der Waals surface area contributed by atoms with Crippen LogP contribution < -0.4 is 11.5 Å². The number of allylic oxidation sites excluding steroid dienone is 1. The van der Waals surface area contributed by atoms with Gasteiger partial charge in [-0.25, -0.2) is 0 Å². The summed E-state index contributed by atoms with van der Waals surface area (Å²) in [5, 5.41) is 24.2. The van der Waals surface area contributed by atoms with Gasteiger partial charge in [-0.15, -0.1) is 5.10 Å². The zero-order chi connectivity index (χ0) is 34.5. The number of hydrogen-bond acceptors (Lipinski definition) is 8. The van der Waals surface area contributed by atoms with E-state index in [0.717, 1.165) is 38.5 Å². The summed E-state index contributed by atoms with van der Waals surface area (Å²) >= 11 is 0. The SMILES string of the molecule is CC(C)[C@@H](C)[C@@]1(C)CC[C@]2(C)[C@H]3CC[C@@H]4[C@@]5(C)COC[C@@]4(C3=CC[C@@]2(C)[C@@H]1C(=O)O)[C@@H](OC[C@](C)(N)C(C)C)[C@H](n1nnc(N)n1)C5. The van der Waals surface area contributed by atoms with E-state index in [1.165, 1.54) is 5.57 Å². The van der Waals surface area contributed by atoms with Crippen LogP contribution in [0.1, 0.15) is 114 Å². The standard InChI is InChI=1S/C37H62N6O4/c1-21(2)23(5)33(7)15-16-34(8)24-11-12-27-32(6)17-26(43-41-31(38)40-42-43)29(47-19-36(10,39)22(3)4)37(27,20-46-18-32)25(24)13-14-35(34,9)28(33)30(44)45/h13,21-24,26-29H,11-12,14-20,39H2,1-10H3,(H2,38,41)(H,44,45)/t23-,24+,26-,27-,28-,29+,32-,33-,34-,35+,36+,37+/m1/s1. The van der Waals surface area contributed by atoms with Gasteiger partial charge in [-0.3, -0.25) is 4.79 Å². The highest BCUT2D eigenvalue weighted by atomic mass is 16.5. The van der Waals surface area contributed by atoms with Gasteiger partial charge in [0.2, 0.25) is 0 Å².